The molecule has 0 unspecified atom stereocenters. The third kappa shape index (κ3) is 4.40. The van der Waals surface area contributed by atoms with Crippen LogP contribution in [0.2, 0.25) is 10.0 Å². The Morgan fingerprint density at radius 1 is 1.03 bits per heavy atom. The summed E-state index contributed by atoms with van der Waals surface area (Å²) in [5.74, 6) is 1.18. The molecule has 2 aromatic carbocycles. The molecule has 0 spiro atoms. The molecule has 1 fully saturated rings. The molecular weight excluding hydrogens is 507 g/mol. The first kappa shape index (κ1) is 24.1. The highest BCUT2D eigenvalue weighted by Crippen LogP contribution is 2.37. The molecule has 0 radical (unpaired) electrons. The van der Waals surface area contributed by atoms with Crippen LogP contribution in [0.4, 0.5) is 0 Å². The summed E-state index contributed by atoms with van der Waals surface area (Å²) in [5, 5.41) is 0.886. The predicted octanol–water partition coefficient (Wildman–Crippen LogP) is 5.75. The van der Waals surface area contributed by atoms with E-state index in [2.05, 4.69) is 9.55 Å². The third-order valence-electron chi connectivity index (χ3n) is 6.36. The van der Waals surface area contributed by atoms with Crippen molar-refractivity contribution in [1.29, 1.82) is 0 Å². The molecule has 1 saturated heterocycles. The number of imidazole rings is 1. The maximum Gasteiger partial charge on any atom is 0.243 e. The SMILES string of the molecule is COc1ccc(S(=O)(=O)N2CCC(n3c(-c4ccc(C)cc4Cl)nc4cccnc43)CC2)cc1Cl. The van der Waals surface area contributed by atoms with Crippen LogP contribution >= 0.6 is 23.2 Å². The van der Waals surface area contributed by atoms with Crippen molar-refractivity contribution in [3.63, 3.8) is 0 Å². The number of rotatable bonds is 5. The molecule has 0 aliphatic carbocycles. The number of fused-ring (bicyclic) bond motifs is 1. The van der Waals surface area contributed by atoms with Crippen molar-refractivity contribution < 1.29 is 13.2 Å². The van der Waals surface area contributed by atoms with E-state index in [1.54, 1.807) is 12.3 Å². The molecule has 0 saturated carbocycles. The summed E-state index contributed by atoms with van der Waals surface area (Å²) in [4.78, 5) is 9.59. The predicted molar refractivity (Wildman–Crippen MR) is 138 cm³/mol. The summed E-state index contributed by atoms with van der Waals surface area (Å²) in [5.41, 5.74) is 3.44. The number of halogens is 2. The van der Waals surface area contributed by atoms with Crippen LogP contribution < -0.4 is 4.74 Å². The molecule has 0 amide bonds. The van der Waals surface area contributed by atoms with Crippen LogP contribution in [-0.4, -0.2) is 47.5 Å². The van der Waals surface area contributed by atoms with Crippen molar-refractivity contribution in [1.82, 2.24) is 18.8 Å². The Labute approximate surface area is 214 Å². The Morgan fingerprint density at radius 2 is 1.80 bits per heavy atom. The molecule has 0 atom stereocenters. The minimum Gasteiger partial charge on any atom is -0.495 e. The number of nitrogens with zero attached hydrogens (tertiary/aromatic N) is 4. The molecule has 1 aliphatic heterocycles. The molecule has 0 N–H and O–H groups in total. The van der Waals surface area contributed by atoms with Crippen LogP contribution in [0, 0.1) is 6.92 Å². The van der Waals surface area contributed by atoms with E-state index in [9.17, 15) is 8.42 Å². The van der Waals surface area contributed by atoms with E-state index in [0.29, 0.717) is 36.7 Å². The molecule has 5 rings (SSSR count). The highest BCUT2D eigenvalue weighted by Gasteiger charge is 2.32. The highest BCUT2D eigenvalue weighted by molar-refractivity contribution is 7.89. The molecule has 2 aromatic heterocycles. The molecule has 10 heteroatoms. The molecule has 7 nitrogen and oxygen atoms in total. The Morgan fingerprint density at radius 3 is 2.49 bits per heavy atom. The third-order valence-corrected chi connectivity index (χ3v) is 8.87. The van der Waals surface area contributed by atoms with Gasteiger partial charge in [0.15, 0.2) is 5.65 Å². The van der Waals surface area contributed by atoms with Gasteiger partial charge in [-0.25, -0.2) is 18.4 Å². The lowest BCUT2D eigenvalue weighted by atomic mass is 10.1. The van der Waals surface area contributed by atoms with E-state index >= 15 is 0 Å². The first-order valence-electron chi connectivity index (χ1n) is 11.2. The number of sulfonamides is 1. The van der Waals surface area contributed by atoms with E-state index in [-0.39, 0.29) is 16.0 Å². The maximum atomic E-state index is 13.3. The minimum atomic E-state index is -3.69. The van der Waals surface area contributed by atoms with Crippen LogP contribution in [0.25, 0.3) is 22.6 Å². The van der Waals surface area contributed by atoms with Crippen LogP contribution in [0.15, 0.2) is 59.6 Å². The fourth-order valence-corrected chi connectivity index (χ4v) is 6.70. The van der Waals surface area contributed by atoms with Gasteiger partial charge in [-0.3, -0.25) is 0 Å². The average Bonchev–Trinajstić information content (AvgIpc) is 3.23. The van der Waals surface area contributed by atoms with Gasteiger partial charge in [-0.05, 0) is 67.8 Å². The molecule has 1 aliphatic rings. The molecular formula is C25H24Cl2N4O3S. The number of benzene rings is 2. The molecule has 0 bridgehead atoms. The van der Waals surface area contributed by atoms with Gasteiger partial charge in [-0.15, -0.1) is 0 Å². The first-order chi connectivity index (χ1) is 16.8. The quantitative estimate of drug-likeness (QED) is 0.328. The number of methoxy groups -OCH3 is 1. The summed E-state index contributed by atoms with van der Waals surface area (Å²) in [7, 11) is -2.19. The van der Waals surface area contributed by atoms with Gasteiger partial charge in [0.25, 0.3) is 0 Å². The van der Waals surface area contributed by atoms with E-state index in [0.717, 1.165) is 28.1 Å². The second kappa shape index (κ2) is 9.43. The van der Waals surface area contributed by atoms with Gasteiger partial charge in [-0.2, -0.15) is 4.31 Å². The largest absolute Gasteiger partial charge is 0.495 e. The highest BCUT2D eigenvalue weighted by atomic mass is 35.5. The Balaban J connectivity index is 1.46. The van der Waals surface area contributed by atoms with E-state index in [4.69, 9.17) is 32.9 Å². The zero-order chi connectivity index (χ0) is 24.7. The van der Waals surface area contributed by atoms with Crippen LogP contribution in [0.1, 0.15) is 24.4 Å². The summed E-state index contributed by atoms with van der Waals surface area (Å²) < 4.78 is 35.3. The lowest BCUT2D eigenvalue weighted by Gasteiger charge is -2.32. The molecule has 4 aromatic rings. The average molecular weight is 531 g/mol. The van der Waals surface area contributed by atoms with Gasteiger partial charge < -0.3 is 9.30 Å². The van der Waals surface area contributed by atoms with Crippen molar-refractivity contribution in [3.8, 4) is 17.1 Å². The van der Waals surface area contributed by atoms with E-state index in [1.165, 1.54) is 23.5 Å². The van der Waals surface area contributed by atoms with Crippen LogP contribution in [0.5, 0.6) is 5.75 Å². The van der Waals surface area contributed by atoms with Crippen LogP contribution in [-0.2, 0) is 10.0 Å². The Bertz CT molecular complexity index is 1510. The van der Waals surface area contributed by atoms with E-state index < -0.39 is 10.0 Å². The van der Waals surface area contributed by atoms with Crippen molar-refractivity contribution in [2.24, 2.45) is 0 Å². The lowest BCUT2D eigenvalue weighted by molar-refractivity contribution is 0.278. The van der Waals surface area contributed by atoms with Gasteiger partial charge in [0.1, 0.15) is 17.1 Å². The number of aryl methyl sites for hydroxylation is 1. The second-order valence-corrected chi connectivity index (χ2v) is 11.3. The number of piperidine rings is 1. The van der Waals surface area contributed by atoms with Crippen molar-refractivity contribution in [2.45, 2.75) is 30.7 Å². The minimum absolute atomic E-state index is 0.0215. The maximum absolute atomic E-state index is 13.3. The fraction of sp³-hybridized carbons (Fsp3) is 0.280. The Kier molecular flexibility index (Phi) is 6.48. The fourth-order valence-electron chi connectivity index (χ4n) is 4.56. The number of aromatic nitrogens is 3. The van der Waals surface area contributed by atoms with Gasteiger partial charge in [0.05, 0.1) is 22.1 Å². The summed E-state index contributed by atoms with van der Waals surface area (Å²) in [6.07, 6.45) is 2.97. The number of ether oxygens (including phenoxy) is 1. The number of hydrogen-bond donors (Lipinski definition) is 0. The summed E-state index contributed by atoms with van der Waals surface area (Å²) >= 11 is 12.8. The normalized spacial score (nSPS) is 15.5. The van der Waals surface area contributed by atoms with Gasteiger partial charge >= 0.3 is 0 Å². The number of pyridine rings is 1. The van der Waals surface area contributed by atoms with Gasteiger partial charge in [0, 0.05) is 30.9 Å². The first-order valence-corrected chi connectivity index (χ1v) is 13.4. The van der Waals surface area contributed by atoms with Gasteiger partial charge in [-0.1, -0.05) is 29.3 Å². The zero-order valence-electron chi connectivity index (χ0n) is 19.3. The molecule has 182 valence electrons. The van der Waals surface area contributed by atoms with Crippen molar-refractivity contribution >= 4 is 44.4 Å². The number of hydrogen-bond acceptors (Lipinski definition) is 5. The molecule has 35 heavy (non-hydrogen) atoms. The monoisotopic (exact) mass is 530 g/mol. The Hall–Kier alpha value is -2.65. The zero-order valence-corrected chi connectivity index (χ0v) is 21.6. The van der Waals surface area contributed by atoms with Crippen molar-refractivity contribution in [2.75, 3.05) is 20.2 Å². The van der Waals surface area contributed by atoms with E-state index in [1.807, 2.05) is 37.3 Å². The summed E-state index contributed by atoms with van der Waals surface area (Å²) in [6.45, 7) is 2.72. The lowest BCUT2D eigenvalue weighted by Crippen LogP contribution is -2.39. The van der Waals surface area contributed by atoms with Crippen LogP contribution in [0.3, 0.4) is 0 Å². The van der Waals surface area contributed by atoms with Crippen molar-refractivity contribution in [3.05, 3.63) is 70.3 Å². The molecule has 3 heterocycles. The standard InChI is InChI=1S/C25H24Cl2N4O3S/c1-16-5-7-19(20(26)14-16)24-29-22-4-3-11-28-25(22)31(24)17-9-12-30(13-10-17)35(32,33)18-6-8-23(34-2)21(27)15-18/h3-8,11,14-15,17H,9-10,12-13H2,1-2H3. The summed E-state index contributed by atoms with van der Waals surface area (Å²) in [6, 6.07) is 14.2. The topological polar surface area (TPSA) is 77.3 Å². The smallest absolute Gasteiger partial charge is 0.243 e. The second-order valence-electron chi connectivity index (χ2n) is 8.57. The van der Waals surface area contributed by atoms with Gasteiger partial charge in [0.2, 0.25) is 10.0 Å².